The molecule has 2 saturated heterocycles. The third-order valence-electron chi connectivity index (χ3n) is 4.41. The van der Waals surface area contributed by atoms with Gasteiger partial charge in [-0.1, -0.05) is 0 Å². The summed E-state index contributed by atoms with van der Waals surface area (Å²) >= 11 is 0. The number of anilines is 2. The molecule has 1 aromatic heterocycles. The molecule has 2 aliphatic heterocycles. The first-order valence-electron chi connectivity index (χ1n) is 8.03. The van der Waals surface area contributed by atoms with E-state index < -0.39 is 0 Å². The third-order valence-corrected chi connectivity index (χ3v) is 4.41. The van der Waals surface area contributed by atoms with Crippen molar-refractivity contribution in [2.75, 3.05) is 36.4 Å². The number of nitrogens with zero attached hydrogens (tertiary/aromatic N) is 2. The Morgan fingerprint density at radius 2 is 2.29 bits per heavy atom. The zero-order valence-corrected chi connectivity index (χ0v) is 12.5. The number of hydrogen-bond acceptors (Lipinski definition) is 4. The van der Waals surface area contributed by atoms with Crippen LogP contribution in [0.1, 0.15) is 32.1 Å². The van der Waals surface area contributed by atoms with Crippen LogP contribution in [0.3, 0.4) is 0 Å². The van der Waals surface area contributed by atoms with Crippen molar-refractivity contribution >= 4 is 17.4 Å². The van der Waals surface area contributed by atoms with Crippen LogP contribution < -0.4 is 15.5 Å². The lowest BCUT2D eigenvalue weighted by molar-refractivity contribution is -0.116. The highest BCUT2D eigenvalue weighted by Gasteiger charge is 2.19. The maximum absolute atomic E-state index is 12.2. The molecule has 2 aliphatic rings. The summed E-state index contributed by atoms with van der Waals surface area (Å²) in [5.41, 5.74) is 0.856. The van der Waals surface area contributed by atoms with E-state index in [4.69, 9.17) is 0 Å². The van der Waals surface area contributed by atoms with Gasteiger partial charge in [0.1, 0.15) is 0 Å². The molecule has 1 atom stereocenters. The lowest BCUT2D eigenvalue weighted by Crippen LogP contribution is -2.22. The Morgan fingerprint density at radius 3 is 3.05 bits per heavy atom. The number of pyridine rings is 1. The fourth-order valence-corrected chi connectivity index (χ4v) is 3.18. The van der Waals surface area contributed by atoms with Gasteiger partial charge in [-0.15, -0.1) is 0 Å². The van der Waals surface area contributed by atoms with Crippen molar-refractivity contribution in [1.29, 1.82) is 0 Å². The highest BCUT2D eigenvalue weighted by Crippen LogP contribution is 2.26. The lowest BCUT2D eigenvalue weighted by Gasteiger charge is -2.20. The minimum Gasteiger partial charge on any atom is -0.355 e. The molecular weight excluding hydrogens is 264 g/mol. The summed E-state index contributed by atoms with van der Waals surface area (Å²) in [5, 5.41) is 6.39. The molecule has 1 amide bonds. The smallest absolute Gasteiger partial charge is 0.224 e. The van der Waals surface area contributed by atoms with E-state index in [1.165, 1.54) is 19.3 Å². The van der Waals surface area contributed by atoms with Crippen molar-refractivity contribution < 1.29 is 4.79 Å². The Morgan fingerprint density at radius 1 is 1.43 bits per heavy atom. The summed E-state index contributed by atoms with van der Waals surface area (Å²) in [4.78, 5) is 18.9. The molecule has 0 aromatic carbocycles. The second-order valence-corrected chi connectivity index (χ2v) is 6.01. The van der Waals surface area contributed by atoms with Gasteiger partial charge in [0, 0.05) is 25.7 Å². The molecule has 2 fully saturated rings. The maximum atomic E-state index is 12.2. The number of rotatable bonds is 5. The minimum atomic E-state index is 0.107. The predicted molar refractivity (Wildman–Crippen MR) is 84.5 cm³/mol. The molecule has 1 aromatic rings. The van der Waals surface area contributed by atoms with E-state index in [1.54, 1.807) is 6.20 Å². The van der Waals surface area contributed by atoms with E-state index in [-0.39, 0.29) is 5.91 Å². The fourth-order valence-electron chi connectivity index (χ4n) is 3.18. The summed E-state index contributed by atoms with van der Waals surface area (Å²) in [6.07, 6.45) is 6.98. The van der Waals surface area contributed by atoms with E-state index in [2.05, 4.69) is 20.5 Å². The molecule has 1 unspecified atom stereocenters. The van der Waals surface area contributed by atoms with Gasteiger partial charge >= 0.3 is 0 Å². The topological polar surface area (TPSA) is 57.3 Å². The van der Waals surface area contributed by atoms with Gasteiger partial charge in [-0.25, -0.2) is 4.98 Å². The summed E-state index contributed by atoms with van der Waals surface area (Å²) < 4.78 is 0. The van der Waals surface area contributed by atoms with Crippen LogP contribution in [0.15, 0.2) is 18.3 Å². The van der Waals surface area contributed by atoms with Crippen molar-refractivity contribution in [3.05, 3.63) is 18.3 Å². The molecule has 3 heterocycles. The molecule has 5 nitrogen and oxygen atoms in total. The lowest BCUT2D eigenvalue weighted by atomic mass is 10.0. The van der Waals surface area contributed by atoms with Gasteiger partial charge in [0.15, 0.2) is 5.82 Å². The Hall–Kier alpha value is -1.62. The van der Waals surface area contributed by atoms with Gasteiger partial charge in [0.05, 0.1) is 5.69 Å². The number of aromatic nitrogens is 1. The van der Waals surface area contributed by atoms with Gasteiger partial charge in [-0.2, -0.15) is 0 Å². The summed E-state index contributed by atoms with van der Waals surface area (Å²) in [6.45, 7) is 4.22. The number of hydrogen-bond donors (Lipinski definition) is 2. The molecule has 0 radical (unpaired) electrons. The largest absolute Gasteiger partial charge is 0.355 e. The van der Waals surface area contributed by atoms with Crippen LogP contribution in [0, 0.1) is 5.92 Å². The first-order valence-corrected chi connectivity index (χ1v) is 8.03. The zero-order chi connectivity index (χ0) is 14.5. The second kappa shape index (κ2) is 6.89. The first-order chi connectivity index (χ1) is 10.3. The molecular formula is C16H24N4O. The molecule has 5 heteroatoms. The van der Waals surface area contributed by atoms with Crippen LogP contribution in [-0.4, -0.2) is 37.1 Å². The molecule has 2 N–H and O–H groups in total. The van der Waals surface area contributed by atoms with E-state index in [9.17, 15) is 4.79 Å². The summed E-state index contributed by atoms with van der Waals surface area (Å²) in [5.74, 6) is 1.68. The van der Waals surface area contributed by atoms with Crippen LogP contribution in [0.4, 0.5) is 11.5 Å². The van der Waals surface area contributed by atoms with Crippen molar-refractivity contribution in [1.82, 2.24) is 10.3 Å². The standard InChI is InChI=1S/C16H24N4O/c21-15(6-5-13-7-9-17-12-13)19-14-4-3-8-18-16(14)20-10-1-2-11-20/h3-4,8,13,17H,1-2,5-7,9-12H2,(H,19,21). The van der Waals surface area contributed by atoms with Crippen molar-refractivity contribution in [3.63, 3.8) is 0 Å². The Labute approximate surface area is 126 Å². The molecule has 0 spiro atoms. The van der Waals surface area contributed by atoms with Gasteiger partial charge in [-0.3, -0.25) is 4.79 Å². The van der Waals surface area contributed by atoms with Crippen molar-refractivity contribution in [2.45, 2.75) is 32.1 Å². The molecule has 0 saturated carbocycles. The van der Waals surface area contributed by atoms with E-state index >= 15 is 0 Å². The highest BCUT2D eigenvalue weighted by molar-refractivity contribution is 5.93. The monoisotopic (exact) mass is 288 g/mol. The summed E-state index contributed by atoms with van der Waals surface area (Å²) in [7, 11) is 0. The Balaban J connectivity index is 1.57. The van der Waals surface area contributed by atoms with E-state index in [1.807, 2.05) is 12.1 Å². The average Bonchev–Trinajstić information content (AvgIpc) is 3.19. The normalized spacial score (nSPS) is 21.7. The first kappa shape index (κ1) is 14.3. The van der Waals surface area contributed by atoms with E-state index in [0.29, 0.717) is 12.3 Å². The van der Waals surface area contributed by atoms with Crippen LogP contribution in [0.2, 0.25) is 0 Å². The number of amides is 1. The van der Waals surface area contributed by atoms with Crippen molar-refractivity contribution in [3.8, 4) is 0 Å². The quantitative estimate of drug-likeness (QED) is 0.870. The average molecular weight is 288 g/mol. The van der Waals surface area contributed by atoms with Crippen LogP contribution in [0.25, 0.3) is 0 Å². The minimum absolute atomic E-state index is 0.107. The molecule has 21 heavy (non-hydrogen) atoms. The fraction of sp³-hybridized carbons (Fsp3) is 0.625. The van der Waals surface area contributed by atoms with Crippen LogP contribution >= 0.6 is 0 Å². The predicted octanol–water partition coefficient (Wildman–Crippen LogP) is 2.01. The maximum Gasteiger partial charge on any atom is 0.224 e. The molecule has 114 valence electrons. The van der Waals surface area contributed by atoms with Gasteiger partial charge in [0.2, 0.25) is 5.91 Å². The van der Waals surface area contributed by atoms with Crippen LogP contribution in [0.5, 0.6) is 0 Å². The number of carbonyl (C=O) groups is 1. The molecule has 0 bridgehead atoms. The summed E-state index contributed by atoms with van der Waals surface area (Å²) in [6, 6.07) is 3.84. The second-order valence-electron chi connectivity index (χ2n) is 6.01. The highest BCUT2D eigenvalue weighted by atomic mass is 16.1. The molecule has 3 rings (SSSR count). The SMILES string of the molecule is O=C(CCC1CCNC1)Nc1cccnc1N1CCCC1. The third kappa shape index (κ3) is 3.73. The van der Waals surface area contributed by atoms with Gasteiger partial charge < -0.3 is 15.5 Å². The number of nitrogens with one attached hydrogen (secondary N) is 2. The number of carbonyl (C=O) groups excluding carboxylic acids is 1. The van der Waals surface area contributed by atoms with E-state index in [0.717, 1.165) is 44.1 Å². The van der Waals surface area contributed by atoms with Crippen LogP contribution in [-0.2, 0) is 4.79 Å². The molecule has 0 aliphatic carbocycles. The Kier molecular flexibility index (Phi) is 4.70. The zero-order valence-electron chi connectivity index (χ0n) is 12.5. The van der Waals surface area contributed by atoms with Gasteiger partial charge in [0.25, 0.3) is 0 Å². The van der Waals surface area contributed by atoms with Gasteiger partial charge in [-0.05, 0) is 56.8 Å². The van der Waals surface area contributed by atoms with Crippen molar-refractivity contribution in [2.24, 2.45) is 5.92 Å². The Bertz CT molecular complexity index is 479.